The van der Waals surface area contributed by atoms with Crippen LogP contribution in [-0.4, -0.2) is 24.0 Å². The van der Waals surface area contributed by atoms with E-state index in [1.54, 1.807) is 17.6 Å². The summed E-state index contributed by atoms with van der Waals surface area (Å²) in [4.78, 5) is 10.3. The molecule has 2 aromatic heterocycles. The molecule has 0 amide bonds. The van der Waals surface area contributed by atoms with Gasteiger partial charge >= 0.3 is 0 Å². The molecule has 0 aliphatic carbocycles. The molecule has 144 valence electrons. The van der Waals surface area contributed by atoms with Crippen LogP contribution in [0.25, 0.3) is 0 Å². The Balaban J connectivity index is 0.00000261. The molecule has 5 nitrogen and oxygen atoms in total. The highest BCUT2D eigenvalue weighted by molar-refractivity contribution is 14.0. The second-order valence-electron chi connectivity index (χ2n) is 5.95. The number of hydrogen-bond acceptors (Lipinski definition) is 4. The van der Waals surface area contributed by atoms with E-state index >= 15 is 0 Å². The van der Waals surface area contributed by atoms with Crippen molar-refractivity contribution in [3.63, 3.8) is 0 Å². The molecule has 0 bridgehead atoms. The van der Waals surface area contributed by atoms with Crippen LogP contribution in [0.3, 0.4) is 0 Å². The van der Waals surface area contributed by atoms with Gasteiger partial charge in [-0.2, -0.15) is 0 Å². The first kappa shape index (κ1) is 21.4. The van der Waals surface area contributed by atoms with E-state index in [4.69, 9.17) is 4.42 Å². The number of hydrogen-bond donors (Lipinski definition) is 2. The second kappa shape index (κ2) is 11.8. The van der Waals surface area contributed by atoms with Gasteiger partial charge in [0.05, 0.1) is 12.8 Å². The van der Waals surface area contributed by atoms with Crippen molar-refractivity contribution in [2.75, 3.05) is 13.1 Å². The normalized spacial score (nSPS) is 11.1. The van der Waals surface area contributed by atoms with E-state index in [-0.39, 0.29) is 24.0 Å². The van der Waals surface area contributed by atoms with Gasteiger partial charge in [0.15, 0.2) is 5.96 Å². The lowest BCUT2D eigenvalue weighted by atomic mass is 10.1. The lowest BCUT2D eigenvalue weighted by Crippen LogP contribution is -2.39. The molecule has 0 saturated carbocycles. The first-order valence-electron chi connectivity index (χ1n) is 8.79. The highest BCUT2D eigenvalue weighted by Gasteiger charge is 2.03. The smallest absolute Gasteiger partial charge is 0.191 e. The van der Waals surface area contributed by atoms with Gasteiger partial charge in [-0.15, -0.1) is 35.3 Å². The molecule has 0 aliphatic rings. The number of aromatic nitrogens is 1. The van der Waals surface area contributed by atoms with Gasteiger partial charge in [-0.1, -0.05) is 30.3 Å². The van der Waals surface area contributed by atoms with Gasteiger partial charge in [0, 0.05) is 30.6 Å². The van der Waals surface area contributed by atoms with Gasteiger partial charge in [-0.25, -0.2) is 9.98 Å². The van der Waals surface area contributed by atoms with E-state index in [1.165, 1.54) is 10.4 Å². The fraction of sp³-hybridized carbons (Fsp3) is 0.300. The number of furan rings is 1. The van der Waals surface area contributed by atoms with Crippen molar-refractivity contribution in [3.05, 3.63) is 76.1 Å². The van der Waals surface area contributed by atoms with Gasteiger partial charge < -0.3 is 15.1 Å². The molecule has 27 heavy (non-hydrogen) atoms. The van der Waals surface area contributed by atoms with Gasteiger partial charge in [0.2, 0.25) is 0 Å². The number of halogens is 1. The van der Waals surface area contributed by atoms with Crippen LogP contribution in [0.15, 0.2) is 64.3 Å². The topological polar surface area (TPSA) is 62.5 Å². The molecule has 2 heterocycles. The van der Waals surface area contributed by atoms with Crippen molar-refractivity contribution >= 4 is 41.3 Å². The van der Waals surface area contributed by atoms with Crippen molar-refractivity contribution in [1.29, 1.82) is 0 Å². The number of guanidine groups is 1. The van der Waals surface area contributed by atoms with Crippen LogP contribution >= 0.6 is 35.3 Å². The summed E-state index contributed by atoms with van der Waals surface area (Å²) in [5.41, 5.74) is 1.31. The van der Waals surface area contributed by atoms with Crippen molar-refractivity contribution in [2.24, 2.45) is 4.99 Å². The highest BCUT2D eigenvalue weighted by Crippen LogP contribution is 2.11. The number of rotatable bonds is 8. The van der Waals surface area contributed by atoms with Crippen LogP contribution in [-0.2, 0) is 19.4 Å². The van der Waals surface area contributed by atoms with Crippen LogP contribution in [0.2, 0.25) is 0 Å². The fourth-order valence-electron chi connectivity index (χ4n) is 2.52. The summed E-state index contributed by atoms with van der Waals surface area (Å²) in [6, 6.07) is 14.3. The zero-order valence-electron chi connectivity index (χ0n) is 15.4. The molecule has 7 heteroatoms. The number of aliphatic imine (C=N–C) groups is 1. The summed E-state index contributed by atoms with van der Waals surface area (Å²) in [7, 11) is 0. The summed E-state index contributed by atoms with van der Waals surface area (Å²) >= 11 is 1.68. The maximum absolute atomic E-state index is 5.38. The number of benzene rings is 1. The standard InChI is InChI=1S/C20H24N4OS.HI/c1-16-14-23-19(26-16)15-24-20(22-12-10-18-8-5-13-25-18)21-11-9-17-6-3-2-4-7-17;/h2-8,13-14H,9-12,15H2,1H3,(H2,21,22,24);1H. The molecule has 2 N–H and O–H groups in total. The Hall–Kier alpha value is -1.87. The largest absolute Gasteiger partial charge is 0.469 e. The number of nitrogens with zero attached hydrogens (tertiary/aromatic N) is 2. The van der Waals surface area contributed by atoms with Crippen LogP contribution in [0, 0.1) is 6.92 Å². The summed E-state index contributed by atoms with van der Waals surface area (Å²) in [5, 5.41) is 7.81. The quantitative estimate of drug-likeness (QED) is 0.279. The van der Waals surface area contributed by atoms with Gasteiger partial charge in [-0.05, 0) is 31.0 Å². The van der Waals surface area contributed by atoms with E-state index in [0.717, 1.165) is 42.7 Å². The van der Waals surface area contributed by atoms with Crippen molar-refractivity contribution < 1.29 is 4.42 Å². The molecule has 1 aromatic carbocycles. The Morgan fingerprint density at radius 1 is 1.07 bits per heavy atom. The minimum absolute atomic E-state index is 0. The molecule has 0 radical (unpaired) electrons. The van der Waals surface area contributed by atoms with E-state index in [0.29, 0.717) is 6.54 Å². The minimum atomic E-state index is 0. The predicted molar refractivity (Wildman–Crippen MR) is 122 cm³/mol. The molecular formula is C20H25IN4OS. The molecule has 0 fully saturated rings. The van der Waals surface area contributed by atoms with Gasteiger partial charge in [0.25, 0.3) is 0 Å². The maximum Gasteiger partial charge on any atom is 0.191 e. The van der Waals surface area contributed by atoms with Crippen molar-refractivity contribution in [1.82, 2.24) is 15.6 Å². The number of thiazole rings is 1. The highest BCUT2D eigenvalue weighted by atomic mass is 127. The molecular weight excluding hydrogens is 471 g/mol. The third-order valence-electron chi connectivity index (χ3n) is 3.83. The van der Waals surface area contributed by atoms with Gasteiger partial charge in [0.1, 0.15) is 10.8 Å². The Morgan fingerprint density at radius 3 is 2.52 bits per heavy atom. The Labute approximate surface area is 181 Å². The van der Waals surface area contributed by atoms with Crippen LogP contribution < -0.4 is 10.6 Å². The van der Waals surface area contributed by atoms with E-state index in [1.807, 2.05) is 24.4 Å². The molecule has 0 atom stereocenters. The van der Waals surface area contributed by atoms with Gasteiger partial charge in [-0.3, -0.25) is 0 Å². The van der Waals surface area contributed by atoms with Crippen molar-refractivity contribution in [3.8, 4) is 0 Å². The SMILES string of the molecule is Cc1cnc(CN=C(NCCc2ccccc2)NCCc2ccco2)s1.I. The molecule has 3 rings (SSSR count). The predicted octanol–water partition coefficient (Wildman–Crippen LogP) is 4.18. The Bertz CT molecular complexity index is 803. The van der Waals surface area contributed by atoms with Crippen LogP contribution in [0.4, 0.5) is 0 Å². The van der Waals surface area contributed by atoms with Crippen LogP contribution in [0.5, 0.6) is 0 Å². The average molecular weight is 496 g/mol. The molecule has 0 saturated heterocycles. The minimum Gasteiger partial charge on any atom is -0.469 e. The third-order valence-corrected chi connectivity index (χ3v) is 4.73. The lowest BCUT2D eigenvalue weighted by Gasteiger charge is -2.12. The first-order valence-corrected chi connectivity index (χ1v) is 9.61. The monoisotopic (exact) mass is 496 g/mol. The second-order valence-corrected chi connectivity index (χ2v) is 7.27. The maximum atomic E-state index is 5.38. The van der Waals surface area contributed by atoms with E-state index in [2.05, 4.69) is 51.8 Å². The lowest BCUT2D eigenvalue weighted by molar-refractivity contribution is 0.506. The van der Waals surface area contributed by atoms with E-state index in [9.17, 15) is 0 Å². The number of aryl methyl sites for hydroxylation is 1. The molecule has 0 unspecified atom stereocenters. The van der Waals surface area contributed by atoms with Crippen LogP contribution in [0.1, 0.15) is 21.2 Å². The number of nitrogens with one attached hydrogen (secondary N) is 2. The summed E-state index contributed by atoms with van der Waals surface area (Å²) in [5.74, 6) is 1.78. The summed E-state index contributed by atoms with van der Waals surface area (Å²) in [6.07, 6.45) is 5.37. The molecule has 3 aromatic rings. The van der Waals surface area contributed by atoms with Crippen molar-refractivity contribution in [2.45, 2.75) is 26.3 Å². The first-order chi connectivity index (χ1) is 12.8. The summed E-state index contributed by atoms with van der Waals surface area (Å²) in [6.45, 7) is 4.24. The summed E-state index contributed by atoms with van der Waals surface area (Å²) < 4.78 is 5.38. The average Bonchev–Trinajstić information content (AvgIpc) is 3.32. The molecule has 0 aliphatic heterocycles. The Kier molecular flexibility index (Phi) is 9.34. The van der Waals surface area contributed by atoms with E-state index < -0.39 is 0 Å². The Morgan fingerprint density at radius 2 is 1.85 bits per heavy atom. The third kappa shape index (κ3) is 7.72. The zero-order valence-corrected chi connectivity index (χ0v) is 18.5. The molecule has 0 spiro atoms. The zero-order chi connectivity index (χ0) is 18.0. The fourth-order valence-corrected chi connectivity index (χ4v) is 3.24.